The monoisotopic (exact) mass is 438 g/mol. The summed E-state index contributed by atoms with van der Waals surface area (Å²) in [6.45, 7) is 1.91. The van der Waals surface area contributed by atoms with Gasteiger partial charge < -0.3 is 4.98 Å². The van der Waals surface area contributed by atoms with Gasteiger partial charge in [0.1, 0.15) is 28.5 Å². The fourth-order valence-corrected chi connectivity index (χ4v) is 4.07. The largest absolute Gasteiger partial charge is 0.336 e. The number of aryl methyl sites for hydroxylation is 1. The molecule has 33 heavy (non-hydrogen) atoms. The third kappa shape index (κ3) is 3.07. The summed E-state index contributed by atoms with van der Waals surface area (Å²) in [5.41, 5.74) is 5.15. The molecule has 160 valence electrons. The molecule has 0 radical (unpaired) electrons. The number of nitrogens with zero attached hydrogens (tertiary/aromatic N) is 4. The Labute approximate surface area is 186 Å². The molecule has 0 aliphatic carbocycles. The summed E-state index contributed by atoms with van der Waals surface area (Å²) in [7, 11) is 0. The highest BCUT2D eigenvalue weighted by Gasteiger charge is 2.19. The molecule has 0 atom stereocenters. The van der Waals surface area contributed by atoms with Gasteiger partial charge >= 0.3 is 0 Å². The number of aromatic nitrogens is 6. The van der Waals surface area contributed by atoms with E-state index in [1.54, 1.807) is 48.9 Å². The van der Waals surface area contributed by atoms with E-state index in [2.05, 4.69) is 25.1 Å². The minimum absolute atomic E-state index is 0.365. The first-order chi connectivity index (χ1) is 16.1. The second-order valence-electron chi connectivity index (χ2n) is 7.76. The number of pyridine rings is 2. The van der Waals surface area contributed by atoms with Crippen LogP contribution in [0.1, 0.15) is 5.56 Å². The van der Waals surface area contributed by atoms with E-state index in [4.69, 9.17) is 4.98 Å². The second kappa shape index (κ2) is 7.30. The molecule has 0 amide bonds. The molecule has 4 heterocycles. The van der Waals surface area contributed by atoms with Crippen LogP contribution >= 0.6 is 0 Å². The Morgan fingerprint density at radius 1 is 0.818 bits per heavy atom. The van der Waals surface area contributed by atoms with Crippen LogP contribution in [0.4, 0.5) is 8.78 Å². The first kappa shape index (κ1) is 19.2. The Kier molecular flexibility index (Phi) is 4.26. The van der Waals surface area contributed by atoms with Crippen molar-refractivity contribution in [1.82, 2.24) is 30.1 Å². The Bertz CT molecular complexity index is 1670. The average molecular weight is 438 g/mol. The molecule has 0 saturated carbocycles. The Balaban J connectivity index is 1.55. The number of imidazole rings is 1. The van der Waals surface area contributed by atoms with Gasteiger partial charge in [0, 0.05) is 46.7 Å². The summed E-state index contributed by atoms with van der Waals surface area (Å²) in [5.74, 6) is -0.272. The molecule has 6 nitrogen and oxygen atoms in total. The standard InChI is InChI=1S/C25H16F2N6/c1-13-6-8-28-12-17(13)15-10-16-21(11-19(15)27)32-33-23(16)25-30-20-7-9-29-22(24(20)31-25)14-4-2-3-5-18(14)26/h2-12H,1H3,(H,30,31)(H,32,33). The molecular weight excluding hydrogens is 422 g/mol. The quantitative estimate of drug-likeness (QED) is 0.365. The smallest absolute Gasteiger partial charge is 0.159 e. The summed E-state index contributed by atoms with van der Waals surface area (Å²) in [5, 5.41) is 7.97. The lowest BCUT2D eigenvalue weighted by Gasteiger charge is -2.07. The normalized spacial score (nSPS) is 11.5. The Hall–Kier alpha value is -4.46. The Morgan fingerprint density at radius 2 is 1.70 bits per heavy atom. The van der Waals surface area contributed by atoms with Crippen LogP contribution in [-0.2, 0) is 0 Å². The molecule has 0 unspecified atom stereocenters. The number of rotatable bonds is 3. The molecule has 0 spiro atoms. The van der Waals surface area contributed by atoms with Gasteiger partial charge in [-0.1, -0.05) is 12.1 Å². The van der Waals surface area contributed by atoms with Gasteiger partial charge in [0.25, 0.3) is 0 Å². The molecule has 0 fully saturated rings. The van der Waals surface area contributed by atoms with E-state index in [9.17, 15) is 8.78 Å². The van der Waals surface area contributed by atoms with Crippen LogP contribution in [0, 0.1) is 18.6 Å². The fraction of sp³-hybridized carbons (Fsp3) is 0.0400. The number of benzene rings is 2. The lowest BCUT2D eigenvalue weighted by molar-refractivity contribution is 0.631. The van der Waals surface area contributed by atoms with Crippen LogP contribution in [0.25, 0.3) is 55.8 Å². The third-order valence-corrected chi connectivity index (χ3v) is 5.73. The number of H-pyrrole nitrogens is 2. The lowest BCUT2D eigenvalue weighted by Crippen LogP contribution is -1.90. The third-order valence-electron chi connectivity index (χ3n) is 5.73. The van der Waals surface area contributed by atoms with Crippen LogP contribution < -0.4 is 0 Å². The Morgan fingerprint density at radius 3 is 2.55 bits per heavy atom. The zero-order valence-corrected chi connectivity index (χ0v) is 17.4. The van der Waals surface area contributed by atoms with Crippen molar-refractivity contribution in [3.8, 4) is 33.9 Å². The van der Waals surface area contributed by atoms with Gasteiger partial charge in [-0.2, -0.15) is 5.10 Å². The molecule has 2 aromatic carbocycles. The van der Waals surface area contributed by atoms with Gasteiger partial charge in [-0.05, 0) is 42.8 Å². The fourth-order valence-electron chi connectivity index (χ4n) is 4.07. The molecule has 0 bridgehead atoms. The van der Waals surface area contributed by atoms with Crippen molar-refractivity contribution in [2.45, 2.75) is 6.92 Å². The zero-order valence-electron chi connectivity index (χ0n) is 17.4. The van der Waals surface area contributed by atoms with E-state index in [0.29, 0.717) is 55.8 Å². The first-order valence-corrected chi connectivity index (χ1v) is 10.3. The predicted molar refractivity (Wildman–Crippen MR) is 122 cm³/mol. The van der Waals surface area contributed by atoms with Crippen molar-refractivity contribution in [2.75, 3.05) is 0 Å². The summed E-state index contributed by atoms with van der Waals surface area (Å²) in [6, 6.07) is 13.2. The molecule has 8 heteroatoms. The van der Waals surface area contributed by atoms with Gasteiger partial charge in [0.05, 0.1) is 11.0 Å². The minimum Gasteiger partial charge on any atom is -0.336 e. The summed E-state index contributed by atoms with van der Waals surface area (Å²) >= 11 is 0. The van der Waals surface area contributed by atoms with E-state index in [1.807, 2.05) is 13.0 Å². The molecule has 2 N–H and O–H groups in total. The second-order valence-corrected chi connectivity index (χ2v) is 7.76. The number of hydrogen-bond acceptors (Lipinski definition) is 4. The number of aromatic amines is 2. The highest BCUT2D eigenvalue weighted by Crippen LogP contribution is 2.34. The SMILES string of the molecule is Cc1ccncc1-c1cc2c(-c3nc4c(-c5ccccc5F)nccc4[nH]3)n[nH]c2cc1F. The van der Waals surface area contributed by atoms with E-state index in [1.165, 1.54) is 12.1 Å². The number of hydrogen-bond donors (Lipinski definition) is 2. The summed E-state index contributed by atoms with van der Waals surface area (Å²) in [4.78, 5) is 16.4. The van der Waals surface area contributed by atoms with Gasteiger partial charge in [0.2, 0.25) is 0 Å². The number of halogens is 2. The molecule has 0 saturated heterocycles. The molecule has 0 aliphatic heterocycles. The van der Waals surface area contributed by atoms with Crippen molar-refractivity contribution in [2.24, 2.45) is 0 Å². The van der Waals surface area contributed by atoms with Crippen LogP contribution in [0.15, 0.2) is 67.1 Å². The zero-order chi connectivity index (χ0) is 22.5. The highest BCUT2D eigenvalue weighted by molar-refractivity contribution is 5.97. The predicted octanol–water partition coefficient (Wildman–Crippen LogP) is 5.82. The van der Waals surface area contributed by atoms with Gasteiger partial charge in [-0.15, -0.1) is 0 Å². The number of fused-ring (bicyclic) bond motifs is 2. The van der Waals surface area contributed by atoms with Gasteiger partial charge in [0.15, 0.2) is 5.82 Å². The summed E-state index contributed by atoms with van der Waals surface area (Å²) < 4.78 is 29.3. The maximum absolute atomic E-state index is 14.9. The van der Waals surface area contributed by atoms with E-state index in [-0.39, 0.29) is 11.6 Å². The van der Waals surface area contributed by atoms with E-state index in [0.717, 1.165) is 5.56 Å². The van der Waals surface area contributed by atoms with Crippen molar-refractivity contribution in [3.05, 3.63) is 84.3 Å². The highest BCUT2D eigenvalue weighted by atomic mass is 19.1. The number of nitrogens with one attached hydrogen (secondary N) is 2. The molecule has 6 aromatic rings. The molecule has 4 aromatic heterocycles. The van der Waals surface area contributed by atoms with Crippen LogP contribution in [0.3, 0.4) is 0 Å². The van der Waals surface area contributed by atoms with Crippen LogP contribution in [-0.4, -0.2) is 30.1 Å². The van der Waals surface area contributed by atoms with Crippen molar-refractivity contribution in [3.63, 3.8) is 0 Å². The minimum atomic E-state index is -0.376. The van der Waals surface area contributed by atoms with Gasteiger partial charge in [-0.3, -0.25) is 15.1 Å². The molecule has 0 aliphatic rings. The summed E-state index contributed by atoms with van der Waals surface area (Å²) in [6.07, 6.45) is 4.93. The van der Waals surface area contributed by atoms with Gasteiger partial charge in [-0.25, -0.2) is 13.8 Å². The average Bonchev–Trinajstić information content (AvgIpc) is 3.43. The molecular formula is C25H16F2N6. The first-order valence-electron chi connectivity index (χ1n) is 10.3. The van der Waals surface area contributed by atoms with Crippen LogP contribution in [0.2, 0.25) is 0 Å². The van der Waals surface area contributed by atoms with Crippen molar-refractivity contribution < 1.29 is 8.78 Å². The maximum Gasteiger partial charge on any atom is 0.159 e. The van der Waals surface area contributed by atoms with Crippen molar-refractivity contribution in [1.29, 1.82) is 0 Å². The van der Waals surface area contributed by atoms with Crippen molar-refractivity contribution >= 4 is 21.9 Å². The maximum atomic E-state index is 14.9. The topological polar surface area (TPSA) is 83.1 Å². The lowest BCUT2D eigenvalue weighted by atomic mass is 10.0. The van der Waals surface area contributed by atoms with Crippen LogP contribution in [0.5, 0.6) is 0 Å². The van der Waals surface area contributed by atoms with E-state index >= 15 is 0 Å². The molecule has 6 rings (SSSR count). The van der Waals surface area contributed by atoms with E-state index < -0.39 is 0 Å².